The zero-order valence-electron chi connectivity index (χ0n) is 11.0. The first kappa shape index (κ1) is 15.0. The van der Waals surface area contributed by atoms with Crippen LogP contribution in [0.2, 0.25) is 0 Å². The molecule has 0 aliphatic heterocycles. The van der Waals surface area contributed by atoms with Gasteiger partial charge in [0.05, 0.1) is 5.56 Å². The van der Waals surface area contributed by atoms with Crippen LogP contribution in [0.15, 0.2) is 59.5 Å². The summed E-state index contributed by atoms with van der Waals surface area (Å²) in [6.45, 7) is 0. The summed E-state index contributed by atoms with van der Waals surface area (Å²) in [5.74, 6) is 0. The molecule has 0 aliphatic carbocycles. The molecule has 3 rings (SSSR count). The molecule has 0 bridgehead atoms. The Labute approximate surface area is 136 Å². The fourth-order valence-electron chi connectivity index (χ4n) is 2.00. The number of fused-ring (bicyclic) bond motifs is 1. The topological polar surface area (TPSA) is 60.4 Å². The summed E-state index contributed by atoms with van der Waals surface area (Å²) in [6, 6.07) is 14.7. The SMILES string of the molecule is O=C(Cl)c1c(OS(=O)(=O)c2ccccc2)sc2ccccc12. The number of hydrogen-bond donors (Lipinski definition) is 0. The van der Waals surface area contributed by atoms with Crippen molar-refractivity contribution in [1.29, 1.82) is 0 Å². The molecule has 7 heteroatoms. The van der Waals surface area contributed by atoms with Crippen LogP contribution in [-0.2, 0) is 10.1 Å². The standard InChI is InChI=1S/C15H9ClO4S2/c16-14(17)13-11-8-4-5-9-12(11)21-15(13)20-22(18,19)10-6-2-1-3-7-10/h1-9H. The van der Waals surface area contributed by atoms with Crippen molar-refractivity contribution < 1.29 is 17.4 Å². The minimum absolute atomic E-state index is 0.0143. The highest BCUT2D eigenvalue weighted by atomic mass is 35.5. The van der Waals surface area contributed by atoms with E-state index < -0.39 is 15.4 Å². The summed E-state index contributed by atoms with van der Waals surface area (Å²) >= 11 is 6.66. The summed E-state index contributed by atoms with van der Waals surface area (Å²) < 4.78 is 30.4. The van der Waals surface area contributed by atoms with Crippen molar-refractivity contribution in [2.24, 2.45) is 0 Å². The highest BCUT2D eigenvalue weighted by molar-refractivity contribution is 7.87. The lowest BCUT2D eigenvalue weighted by Gasteiger charge is -2.05. The van der Waals surface area contributed by atoms with E-state index in [1.54, 1.807) is 42.5 Å². The molecular formula is C15H9ClO4S2. The lowest BCUT2D eigenvalue weighted by Crippen LogP contribution is -2.10. The molecule has 1 aromatic heterocycles. The minimum Gasteiger partial charge on any atom is -0.367 e. The first-order chi connectivity index (χ1) is 10.5. The van der Waals surface area contributed by atoms with Crippen LogP contribution in [0.4, 0.5) is 0 Å². The minimum atomic E-state index is -4.02. The Kier molecular flexibility index (Phi) is 3.90. The zero-order chi connectivity index (χ0) is 15.7. The van der Waals surface area contributed by atoms with Crippen molar-refractivity contribution in [2.45, 2.75) is 4.90 Å². The molecule has 0 atom stereocenters. The van der Waals surface area contributed by atoms with Crippen LogP contribution >= 0.6 is 22.9 Å². The fourth-order valence-corrected chi connectivity index (χ4v) is 4.45. The van der Waals surface area contributed by atoms with Gasteiger partial charge in [0, 0.05) is 10.1 Å². The van der Waals surface area contributed by atoms with Gasteiger partial charge < -0.3 is 4.18 Å². The highest BCUT2D eigenvalue weighted by Crippen LogP contribution is 2.39. The van der Waals surface area contributed by atoms with Gasteiger partial charge in [-0.15, -0.1) is 0 Å². The van der Waals surface area contributed by atoms with Crippen molar-refractivity contribution in [3.8, 4) is 5.06 Å². The van der Waals surface area contributed by atoms with E-state index in [9.17, 15) is 13.2 Å². The van der Waals surface area contributed by atoms with Crippen molar-refractivity contribution in [2.75, 3.05) is 0 Å². The lowest BCUT2D eigenvalue weighted by atomic mass is 10.2. The Morgan fingerprint density at radius 1 is 1.00 bits per heavy atom. The highest BCUT2D eigenvalue weighted by Gasteiger charge is 2.24. The maximum atomic E-state index is 12.3. The van der Waals surface area contributed by atoms with Crippen molar-refractivity contribution in [1.82, 2.24) is 0 Å². The van der Waals surface area contributed by atoms with E-state index in [0.29, 0.717) is 5.39 Å². The predicted molar refractivity (Wildman–Crippen MR) is 86.3 cm³/mol. The largest absolute Gasteiger partial charge is 0.367 e. The van der Waals surface area contributed by atoms with E-state index in [4.69, 9.17) is 15.8 Å². The van der Waals surface area contributed by atoms with Crippen molar-refractivity contribution >= 4 is 48.4 Å². The summed E-state index contributed by atoms with van der Waals surface area (Å²) in [4.78, 5) is 11.7. The van der Waals surface area contributed by atoms with Crippen LogP contribution in [0.1, 0.15) is 10.4 Å². The lowest BCUT2D eigenvalue weighted by molar-refractivity contribution is 0.108. The maximum Gasteiger partial charge on any atom is 0.340 e. The Hall–Kier alpha value is -1.89. The number of carbonyl (C=O) groups is 1. The molecule has 2 aromatic carbocycles. The quantitative estimate of drug-likeness (QED) is 0.525. The normalized spacial score (nSPS) is 11.5. The van der Waals surface area contributed by atoms with E-state index in [2.05, 4.69) is 0 Å². The van der Waals surface area contributed by atoms with Gasteiger partial charge in [0.25, 0.3) is 5.24 Å². The number of rotatable bonds is 4. The second kappa shape index (κ2) is 5.72. The Balaban J connectivity index is 2.12. The number of carbonyl (C=O) groups excluding carboxylic acids is 1. The Bertz CT molecular complexity index is 946. The van der Waals surface area contributed by atoms with E-state index >= 15 is 0 Å². The maximum absolute atomic E-state index is 12.3. The molecule has 0 radical (unpaired) electrons. The van der Waals surface area contributed by atoms with Gasteiger partial charge in [-0.1, -0.05) is 47.7 Å². The van der Waals surface area contributed by atoms with Gasteiger partial charge in [-0.3, -0.25) is 4.79 Å². The average Bonchev–Trinajstić information content (AvgIpc) is 2.85. The third kappa shape index (κ3) is 2.72. The number of halogens is 1. The van der Waals surface area contributed by atoms with Crippen LogP contribution in [-0.4, -0.2) is 13.7 Å². The van der Waals surface area contributed by atoms with E-state index in [1.807, 2.05) is 0 Å². The molecule has 1 heterocycles. The van der Waals surface area contributed by atoms with Gasteiger partial charge in [0.15, 0.2) is 0 Å². The Morgan fingerprint density at radius 3 is 2.32 bits per heavy atom. The van der Waals surface area contributed by atoms with Crippen LogP contribution in [0, 0.1) is 0 Å². The first-order valence-corrected chi connectivity index (χ1v) is 8.80. The van der Waals surface area contributed by atoms with Gasteiger partial charge in [0.2, 0.25) is 5.06 Å². The molecule has 0 unspecified atom stereocenters. The molecule has 0 amide bonds. The number of hydrogen-bond acceptors (Lipinski definition) is 5. The Morgan fingerprint density at radius 2 is 1.64 bits per heavy atom. The van der Waals surface area contributed by atoms with Crippen molar-refractivity contribution in [3.05, 3.63) is 60.2 Å². The third-order valence-corrected chi connectivity index (χ3v) is 5.56. The summed E-state index contributed by atoms with van der Waals surface area (Å²) in [5.41, 5.74) is 0.0711. The van der Waals surface area contributed by atoms with Gasteiger partial charge in [-0.25, -0.2) is 0 Å². The number of benzene rings is 2. The number of thiophene rings is 1. The average molecular weight is 353 g/mol. The second-order valence-corrected chi connectivity index (χ2v) is 7.29. The molecule has 0 fully saturated rings. The summed E-state index contributed by atoms with van der Waals surface area (Å²) in [6.07, 6.45) is 0. The van der Waals surface area contributed by atoms with Crippen molar-refractivity contribution in [3.63, 3.8) is 0 Å². The summed E-state index contributed by atoms with van der Waals surface area (Å²) in [5, 5.41) is -0.202. The van der Waals surface area contributed by atoms with E-state index in [1.165, 1.54) is 12.1 Å². The molecule has 22 heavy (non-hydrogen) atoms. The van der Waals surface area contributed by atoms with E-state index in [-0.39, 0.29) is 15.5 Å². The molecule has 0 aliphatic rings. The van der Waals surface area contributed by atoms with Crippen LogP contribution in [0.25, 0.3) is 10.1 Å². The molecule has 0 saturated carbocycles. The van der Waals surface area contributed by atoms with Gasteiger partial charge in [-0.2, -0.15) is 8.42 Å². The first-order valence-electron chi connectivity index (χ1n) is 6.20. The smallest absolute Gasteiger partial charge is 0.340 e. The van der Waals surface area contributed by atoms with Gasteiger partial charge in [0.1, 0.15) is 4.90 Å². The van der Waals surface area contributed by atoms with Gasteiger partial charge >= 0.3 is 10.1 Å². The molecular weight excluding hydrogens is 344 g/mol. The summed E-state index contributed by atoms with van der Waals surface area (Å²) in [7, 11) is -4.02. The van der Waals surface area contributed by atoms with Crippen LogP contribution in [0.5, 0.6) is 5.06 Å². The zero-order valence-corrected chi connectivity index (χ0v) is 13.4. The monoisotopic (exact) mass is 352 g/mol. The van der Waals surface area contributed by atoms with Crippen LogP contribution in [0.3, 0.4) is 0 Å². The molecule has 4 nitrogen and oxygen atoms in total. The molecule has 112 valence electrons. The third-order valence-electron chi connectivity index (χ3n) is 2.98. The van der Waals surface area contributed by atoms with Gasteiger partial charge in [-0.05, 0) is 29.8 Å². The molecule has 0 spiro atoms. The molecule has 0 N–H and O–H groups in total. The van der Waals surface area contributed by atoms with Crippen LogP contribution < -0.4 is 4.18 Å². The fraction of sp³-hybridized carbons (Fsp3) is 0. The predicted octanol–water partition coefficient (Wildman–Crippen LogP) is 4.05. The van der Waals surface area contributed by atoms with E-state index in [0.717, 1.165) is 16.0 Å². The molecule has 0 saturated heterocycles. The molecule has 3 aromatic rings. The second-order valence-electron chi connectivity index (χ2n) is 4.38.